The molecule has 1 rings (SSSR count). The minimum absolute atomic E-state index is 0.220. The zero-order chi connectivity index (χ0) is 6.85. The van der Waals surface area contributed by atoms with Crippen molar-refractivity contribution in [2.45, 2.75) is 32.2 Å². The van der Waals surface area contributed by atoms with Crippen LogP contribution in [-0.2, 0) is 4.79 Å². The molecule has 0 unspecified atom stereocenters. The Morgan fingerprint density at radius 3 is 2.67 bits per heavy atom. The third kappa shape index (κ3) is 2.14. The molecule has 1 aliphatic carbocycles. The highest BCUT2D eigenvalue weighted by Gasteiger charge is 2.25. The smallest absolute Gasteiger partial charge is 0.149 e. The van der Waals surface area contributed by atoms with Gasteiger partial charge in [0.25, 0.3) is 0 Å². The molecule has 0 heterocycles. The van der Waals surface area contributed by atoms with Crippen LogP contribution in [0.4, 0.5) is 0 Å². The molecule has 1 saturated carbocycles. The van der Waals surface area contributed by atoms with Crippen molar-refractivity contribution in [3.05, 3.63) is 0 Å². The minimum Gasteiger partial charge on any atom is -0.322 e. The number of rotatable bonds is 3. The summed E-state index contributed by atoms with van der Waals surface area (Å²) in [6, 6.07) is -0.245. The number of carbonyl (C=O) groups is 1. The average molecular weight is 127 g/mol. The molecule has 1 aliphatic rings. The second kappa shape index (κ2) is 2.48. The van der Waals surface area contributed by atoms with E-state index in [2.05, 4.69) is 0 Å². The highest BCUT2D eigenvalue weighted by atomic mass is 16.1. The van der Waals surface area contributed by atoms with Gasteiger partial charge in [0, 0.05) is 6.42 Å². The van der Waals surface area contributed by atoms with E-state index in [9.17, 15) is 4.79 Å². The van der Waals surface area contributed by atoms with Gasteiger partial charge < -0.3 is 5.73 Å². The van der Waals surface area contributed by atoms with Crippen LogP contribution in [0.25, 0.3) is 0 Å². The Balaban J connectivity index is 2.17. The van der Waals surface area contributed by atoms with Gasteiger partial charge in [-0.15, -0.1) is 0 Å². The van der Waals surface area contributed by atoms with Gasteiger partial charge in [-0.1, -0.05) is 0 Å². The summed E-state index contributed by atoms with van der Waals surface area (Å²) in [4.78, 5) is 10.9. The molecule has 52 valence electrons. The van der Waals surface area contributed by atoms with Gasteiger partial charge in [0.2, 0.25) is 0 Å². The summed E-state index contributed by atoms with van der Waals surface area (Å²) in [7, 11) is 0. The number of nitrogens with two attached hydrogens (primary N) is 1. The molecule has 0 aromatic rings. The molecule has 2 heteroatoms. The van der Waals surface area contributed by atoms with Gasteiger partial charge in [-0.3, -0.25) is 4.79 Å². The van der Waals surface area contributed by atoms with E-state index in [-0.39, 0.29) is 11.8 Å². The van der Waals surface area contributed by atoms with Crippen LogP contribution in [0, 0.1) is 5.92 Å². The topological polar surface area (TPSA) is 43.1 Å². The summed E-state index contributed by atoms with van der Waals surface area (Å²) in [5.41, 5.74) is 5.36. The minimum atomic E-state index is -0.245. The van der Waals surface area contributed by atoms with Gasteiger partial charge >= 0.3 is 0 Å². The number of ketones is 1. The van der Waals surface area contributed by atoms with Crippen LogP contribution in [0.15, 0.2) is 0 Å². The molecule has 0 aromatic heterocycles. The van der Waals surface area contributed by atoms with Crippen LogP contribution in [0.2, 0.25) is 0 Å². The molecule has 0 aromatic carbocycles. The molecule has 9 heavy (non-hydrogen) atoms. The Bertz CT molecular complexity index is 116. The van der Waals surface area contributed by atoms with Crippen LogP contribution in [0.3, 0.4) is 0 Å². The maximum absolute atomic E-state index is 10.9. The summed E-state index contributed by atoms with van der Waals surface area (Å²) in [6.45, 7) is 1.75. The fourth-order valence-electron chi connectivity index (χ4n) is 0.792. The first-order valence-corrected chi connectivity index (χ1v) is 3.48. The Kier molecular flexibility index (Phi) is 1.86. The molecule has 1 atom stereocenters. The van der Waals surface area contributed by atoms with Crippen LogP contribution in [0.5, 0.6) is 0 Å². The first-order chi connectivity index (χ1) is 4.20. The van der Waals surface area contributed by atoms with E-state index in [4.69, 9.17) is 5.73 Å². The normalized spacial score (nSPS) is 21.6. The quantitative estimate of drug-likeness (QED) is 0.606. The van der Waals surface area contributed by atoms with Gasteiger partial charge in [-0.25, -0.2) is 0 Å². The standard InChI is InChI=1S/C7H13NO/c1-5(8)7(9)4-6-2-3-6/h5-6H,2-4,8H2,1H3/t5-/m1/s1. The van der Waals surface area contributed by atoms with Gasteiger partial charge in [0.15, 0.2) is 0 Å². The molecule has 0 amide bonds. The van der Waals surface area contributed by atoms with E-state index in [0.717, 1.165) is 6.42 Å². The Hall–Kier alpha value is -0.370. The zero-order valence-electron chi connectivity index (χ0n) is 5.76. The Morgan fingerprint density at radius 2 is 2.33 bits per heavy atom. The molecular weight excluding hydrogens is 114 g/mol. The molecule has 0 spiro atoms. The van der Waals surface area contributed by atoms with Crippen molar-refractivity contribution in [3.8, 4) is 0 Å². The van der Waals surface area contributed by atoms with E-state index >= 15 is 0 Å². The molecule has 1 fully saturated rings. The largest absolute Gasteiger partial charge is 0.322 e. The lowest BCUT2D eigenvalue weighted by molar-refractivity contribution is -0.120. The maximum Gasteiger partial charge on any atom is 0.149 e. The number of carbonyl (C=O) groups excluding carboxylic acids is 1. The lowest BCUT2D eigenvalue weighted by Crippen LogP contribution is -2.26. The molecule has 0 radical (unpaired) electrons. The monoisotopic (exact) mass is 127 g/mol. The SMILES string of the molecule is C[C@@H](N)C(=O)CC1CC1. The van der Waals surface area contributed by atoms with Gasteiger partial charge in [0.1, 0.15) is 5.78 Å². The highest BCUT2D eigenvalue weighted by Crippen LogP contribution is 2.32. The molecular formula is C7H13NO. The van der Waals surface area contributed by atoms with E-state index in [0.29, 0.717) is 5.92 Å². The van der Waals surface area contributed by atoms with Crippen molar-refractivity contribution in [1.82, 2.24) is 0 Å². The maximum atomic E-state index is 10.9. The number of Topliss-reactive ketones (excluding diaryl/α,β-unsaturated/α-hetero) is 1. The van der Waals surface area contributed by atoms with E-state index in [1.807, 2.05) is 0 Å². The lowest BCUT2D eigenvalue weighted by Gasteiger charge is -2.00. The summed E-state index contributed by atoms with van der Waals surface area (Å²) in [6.07, 6.45) is 3.19. The van der Waals surface area contributed by atoms with Crippen molar-refractivity contribution in [1.29, 1.82) is 0 Å². The molecule has 2 nitrogen and oxygen atoms in total. The Morgan fingerprint density at radius 1 is 1.78 bits per heavy atom. The molecule has 2 N–H and O–H groups in total. The third-order valence-corrected chi connectivity index (χ3v) is 1.69. The second-order valence-corrected chi connectivity index (χ2v) is 2.90. The van der Waals surface area contributed by atoms with Gasteiger partial charge in [-0.05, 0) is 25.7 Å². The predicted octanol–water partition coefficient (Wildman–Crippen LogP) is 0.703. The lowest BCUT2D eigenvalue weighted by atomic mass is 10.1. The number of hydrogen-bond donors (Lipinski definition) is 1. The Labute approximate surface area is 55.4 Å². The van der Waals surface area contributed by atoms with E-state index in [1.54, 1.807) is 6.92 Å². The van der Waals surface area contributed by atoms with Crippen LogP contribution in [-0.4, -0.2) is 11.8 Å². The summed E-state index contributed by atoms with van der Waals surface area (Å²) >= 11 is 0. The second-order valence-electron chi connectivity index (χ2n) is 2.90. The van der Waals surface area contributed by atoms with Gasteiger partial charge in [-0.2, -0.15) is 0 Å². The highest BCUT2D eigenvalue weighted by molar-refractivity contribution is 5.83. The van der Waals surface area contributed by atoms with Crippen molar-refractivity contribution >= 4 is 5.78 Å². The summed E-state index contributed by atoms with van der Waals surface area (Å²) in [5.74, 6) is 0.904. The van der Waals surface area contributed by atoms with Crippen molar-refractivity contribution in [2.75, 3.05) is 0 Å². The number of hydrogen-bond acceptors (Lipinski definition) is 2. The molecule has 0 bridgehead atoms. The first-order valence-electron chi connectivity index (χ1n) is 3.48. The van der Waals surface area contributed by atoms with Crippen molar-refractivity contribution in [3.63, 3.8) is 0 Å². The fourth-order valence-corrected chi connectivity index (χ4v) is 0.792. The third-order valence-electron chi connectivity index (χ3n) is 1.69. The zero-order valence-corrected chi connectivity index (χ0v) is 5.76. The summed E-state index contributed by atoms with van der Waals surface area (Å²) in [5, 5.41) is 0. The van der Waals surface area contributed by atoms with Crippen LogP contribution >= 0.6 is 0 Å². The van der Waals surface area contributed by atoms with Gasteiger partial charge in [0.05, 0.1) is 6.04 Å². The van der Waals surface area contributed by atoms with Crippen LogP contribution in [0.1, 0.15) is 26.2 Å². The van der Waals surface area contributed by atoms with E-state index in [1.165, 1.54) is 12.8 Å². The first kappa shape index (κ1) is 6.75. The van der Waals surface area contributed by atoms with E-state index < -0.39 is 0 Å². The predicted molar refractivity (Wildman–Crippen MR) is 36.0 cm³/mol. The average Bonchev–Trinajstić information content (AvgIpc) is 2.50. The van der Waals surface area contributed by atoms with Crippen molar-refractivity contribution in [2.24, 2.45) is 11.7 Å². The summed E-state index contributed by atoms with van der Waals surface area (Å²) < 4.78 is 0. The molecule has 0 aliphatic heterocycles. The molecule has 0 saturated heterocycles. The van der Waals surface area contributed by atoms with Crippen molar-refractivity contribution < 1.29 is 4.79 Å². The van der Waals surface area contributed by atoms with Crippen LogP contribution < -0.4 is 5.73 Å². The fraction of sp³-hybridized carbons (Fsp3) is 0.857.